The van der Waals surface area contributed by atoms with Crippen LogP contribution in [0.5, 0.6) is 5.75 Å². The van der Waals surface area contributed by atoms with E-state index in [1.165, 1.54) is 0 Å². The van der Waals surface area contributed by atoms with Gasteiger partial charge in [0.25, 0.3) is 0 Å². The predicted octanol–water partition coefficient (Wildman–Crippen LogP) is 3.03. The van der Waals surface area contributed by atoms with Gasteiger partial charge < -0.3 is 14.8 Å². The molecule has 0 radical (unpaired) electrons. The Morgan fingerprint density at radius 3 is 2.83 bits per heavy atom. The first-order valence-electron chi connectivity index (χ1n) is 6.17. The van der Waals surface area contributed by atoms with E-state index in [0.717, 1.165) is 17.7 Å². The lowest BCUT2D eigenvalue weighted by molar-refractivity contribution is 0.0491. The van der Waals surface area contributed by atoms with Crippen LogP contribution in [-0.2, 0) is 4.74 Å². The Morgan fingerprint density at radius 2 is 2.11 bits per heavy atom. The molecule has 1 amide bonds. The fourth-order valence-electron chi connectivity index (χ4n) is 1.94. The van der Waals surface area contributed by atoms with Crippen molar-refractivity contribution < 1.29 is 14.3 Å². The van der Waals surface area contributed by atoms with Gasteiger partial charge in [0.2, 0.25) is 0 Å². The van der Waals surface area contributed by atoms with Gasteiger partial charge in [-0.3, -0.25) is 0 Å². The molecule has 0 aromatic heterocycles. The van der Waals surface area contributed by atoms with Gasteiger partial charge >= 0.3 is 6.09 Å². The molecule has 18 heavy (non-hydrogen) atoms. The molecule has 0 fully saturated rings. The molecule has 1 aromatic carbocycles. The molecule has 0 bridgehead atoms. The van der Waals surface area contributed by atoms with Crippen molar-refractivity contribution in [1.29, 1.82) is 0 Å². The maximum absolute atomic E-state index is 11.8. The third-order valence-corrected chi connectivity index (χ3v) is 2.65. The van der Waals surface area contributed by atoms with Gasteiger partial charge in [-0.1, -0.05) is 18.2 Å². The fraction of sp³-hybridized carbons (Fsp3) is 0.500. The number of benzene rings is 1. The largest absolute Gasteiger partial charge is 0.493 e. The summed E-state index contributed by atoms with van der Waals surface area (Å²) < 4.78 is 10.8. The minimum atomic E-state index is -0.477. The Morgan fingerprint density at radius 1 is 1.39 bits per heavy atom. The minimum Gasteiger partial charge on any atom is -0.493 e. The van der Waals surface area contributed by atoms with Crippen molar-refractivity contribution in [1.82, 2.24) is 5.32 Å². The first-order chi connectivity index (χ1) is 8.46. The molecular weight excluding hydrogens is 230 g/mol. The Labute approximate surface area is 107 Å². The molecule has 1 aliphatic rings. The summed E-state index contributed by atoms with van der Waals surface area (Å²) in [7, 11) is 0. The Hall–Kier alpha value is -1.71. The molecule has 1 atom stereocenters. The van der Waals surface area contributed by atoms with Crippen molar-refractivity contribution in [3.8, 4) is 5.75 Å². The van der Waals surface area contributed by atoms with E-state index in [9.17, 15) is 4.79 Å². The van der Waals surface area contributed by atoms with Crippen LogP contribution >= 0.6 is 0 Å². The quantitative estimate of drug-likeness (QED) is 0.832. The van der Waals surface area contributed by atoms with E-state index in [2.05, 4.69) is 5.32 Å². The molecule has 1 N–H and O–H groups in total. The molecule has 1 aromatic rings. The summed E-state index contributed by atoms with van der Waals surface area (Å²) in [5, 5.41) is 2.89. The van der Waals surface area contributed by atoms with Crippen LogP contribution < -0.4 is 10.1 Å². The summed E-state index contributed by atoms with van der Waals surface area (Å²) in [6.45, 7) is 6.16. The van der Waals surface area contributed by atoms with Crippen molar-refractivity contribution >= 4 is 6.09 Å². The number of hydrogen-bond donors (Lipinski definition) is 1. The van der Waals surface area contributed by atoms with Crippen molar-refractivity contribution in [2.75, 3.05) is 6.61 Å². The molecule has 1 heterocycles. The van der Waals surface area contributed by atoms with Gasteiger partial charge in [0.05, 0.1) is 12.6 Å². The van der Waals surface area contributed by atoms with Crippen LogP contribution in [0.4, 0.5) is 4.79 Å². The lowest BCUT2D eigenvalue weighted by Gasteiger charge is -2.28. The molecule has 0 aliphatic carbocycles. The smallest absolute Gasteiger partial charge is 0.408 e. The number of carbonyl (C=O) groups excluding carboxylic acids is 1. The maximum atomic E-state index is 11.8. The van der Waals surface area contributed by atoms with Crippen molar-refractivity contribution in [3.05, 3.63) is 29.8 Å². The first kappa shape index (κ1) is 12.7. The second-order valence-corrected chi connectivity index (χ2v) is 5.37. The molecular formula is C14H19NO3. The number of ether oxygens (including phenoxy) is 2. The highest BCUT2D eigenvalue weighted by molar-refractivity contribution is 5.68. The summed E-state index contributed by atoms with van der Waals surface area (Å²) in [5.41, 5.74) is 0.531. The van der Waals surface area contributed by atoms with Crippen molar-refractivity contribution in [2.24, 2.45) is 0 Å². The lowest BCUT2D eigenvalue weighted by Crippen LogP contribution is -2.36. The van der Waals surface area contributed by atoms with Crippen LogP contribution in [0.25, 0.3) is 0 Å². The summed E-state index contributed by atoms with van der Waals surface area (Å²) in [4.78, 5) is 11.8. The van der Waals surface area contributed by atoms with Crippen LogP contribution in [0, 0.1) is 0 Å². The highest BCUT2D eigenvalue weighted by Crippen LogP contribution is 2.31. The molecule has 98 valence electrons. The number of para-hydroxylation sites is 1. The Bertz CT molecular complexity index is 437. The van der Waals surface area contributed by atoms with Crippen molar-refractivity contribution in [2.45, 2.75) is 38.8 Å². The molecule has 0 saturated heterocycles. The zero-order chi connectivity index (χ0) is 13.2. The van der Waals surface area contributed by atoms with Crippen LogP contribution in [-0.4, -0.2) is 18.3 Å². The number of alkyl carbamates (subject to hydrolysis) is 1. The predicted molar refractivity (Wildman–Crippen MR) is 68.7 cm³/mol. The molecule has 0 saturated carbocycles. The topological polar surface area (TPSA) is 47.6 Å². The van der Waals surface area contributed by atoms with E-state index >= 15 is 0 Å². The van der Waals surface area contributed by atoms with Crippen LogP contribution in [0.15, 0.2) is 24.3 Å². The highest BCUT2D eigenvalue weighted by atomic mass is 16.6. The minimum absolute atomic E-state index is 0.0372. The molecule has 0 spiro atoms. The number of rotatable bonds is 1. The van der Waals surface area contributed by atoms with E-state index in [1.807, 2.05) is 45.0 Å². The number of nitrogens with one attached hydrogen (secondary N) is 1. The number of amides is 1. The summed E-state index contributed by atoms with van der Waals surface area (Å²) >= 11 is 0. The van der Waals surface area contributed by atoms with E-state index in [0.29, 0.717) is 6.61 Å². The zero-order valence-electron chi connectivity index (χ0n) is 11.0. The van der Waals surface area contributed by atoms with Gasteiger partial charge in [0.1, 0.15) is 11.4 Å². The average Bonchev–Trinajstić information content (AvgIpc) is 2.27. The summed E-state index contributed by atoms with van der Waals surface area (Å²) in [6, 6.07) is 7.71. The summed E-state index contributed by atoms with van der Waals surface area (Å²) in [6.07, 6.45) is 0.375. The molecule has 4 heteroatoms. The van der Waals surface area contributed by atoms with E-state index < -0.39 is 5.60 Å². The van der Waals surface area contributed by atoms with Gasteiger partial charge in [-0.25, -0.2) is 4.79 Å². The average molecular weight is 249 g/mol. The van der Waals surface area contributed by atoms with Gasteiger partial charge in [0.15, 0.2) is 0 Å². The van der Waals surface area contributed by atoms with Gasteiger partial charge in [0, 0.05) is 12.0 Å². The van der Waals surface area contributed by atoms with Crippen molar-refractivity contribution in [3.63, 3.8) is 0 Å². The summed E-state index contributed by atoms with van der Waals surface area (Å²) in [5.74, 6) is 0.838. The van der Waals surface area contributed by atoms with E-state index in [1.54, 1.807) is 0 Å². The van der Waals surface area contributed by atoms with Gasteiger partial charge in [-0.05, 0) is 26.8 Å². The van der Waals surface area contributed by atoms with Gasteiger partial charge in [-0.2, -0.15) is 0 Å². The number of hydrogen-bond acceptors (Lipinski definition) is 3. The second kappa shape index (κ2) is 4.88. The zero-order valence-corrected chi connectivity index (χ0v) is 11.0. The second-order valence-electron chi connectivity index (χ2n) is 5.37. The van der Waals surface area contributed by atoms with Crippen LogP contribution in [0.2, 0.25) is 0 Å². The third kappa shape index (κ3) is 3.15. The SMILES string of the molecule is CC(C)(C)OC(=O)N[C@@H]1CCOc2ccccc21. The molecule has 1 aliphatic heterocycles. The Balaban J connectivity index is 2.05. The van der Waals surface area contributed by atoms with E-state index in [-0.39, 0.29) is 12.1 Å². The molecule has 0 unspecified atom stereocenters. The highest BCUT2D eigenvalue weighted by Gasteiger charge is 2.25. The fourth-order valence-corrected chi connectivity index (χ4v) is 1.94. The number of fused-ring (bicyclic) bond motifs is 1. The third-order valence-electron chi connectivity index (χ3n) is 2.65. The molecule has 2 rings (SSSR count). The maximum Gasteiger partial charge on any atom is 0.408 e. The number of carbonyl (C=O) groups is 1. The standard InChI is InChI=1S/C14H19NO3/c1-14(2,3)18-13(16)15-11-8-9-17-12-7-5-4-6-10(11)12/h4-7,11H,8-9H2,1-3H3,(H,15,16)/t11-/m1/s1. The Kier molecular flexibility index (Phi) is 3.45. The monoisotopic (exact) mass is 249 g/mol. The normalized spacial score (nSPS) is 18.5. The van der Waals surface area contributed by atoms with Gasteiger partial charge in [-0.15, -0.1) is 0 Å². The lowest BCUT2D eigenvalue weighted by atomic mass is 10.0. The first-order valence-corrected chi connectivity index (χ1v) is 6.17. The van der Waals surface area contributed by atoms with Crippen LogP contribution in [0.1, 0.15) is 38.8 Å². The molecule has 4 nitrogen and oxygen atoms in total. The van der Waals surface area contributed by atoms with Crippen LogP contribution in [0.3, 0.4) is 0 Å². The van der Waals surface area contributed by atoms with E-state index in [4.69, 9.17) is 9.47 Å².